The minimum atomic E-state index is -0.243. The molecule has 0 saturated carbocycles. The molecule has 5 heterocycles. The molecule has 1 atom stereocenters. The van der Waals surface area contributed by atoms with E-state index in [9.17, 15) is 4.39 Å². The molecule has 0 radical (unpaired) electrons. The van der Waals surface area contributed by atoms with Crippen LogP contribution in [0.25, 0.3) is 17.4 Å². The number of nitrogens with two attached hydrogens (primary N) is 1. The van der Waals surface area contributed by atoms with Crippen LogP contribution in [0.1, 0.15) is 6.42 Å². The molecule has 1 aromatic carbocycles. The van der Waals surface area contributed by atoms with E-state index in [1.54, 1.807) is 18.4 Å². The van der Waals surface area contributed by atoms with Gasteiger partial charge in [-0.2, -0.15) is 19.5 Å². The van der Waals surface area contributed by atoms with E-state index in [0.717, 1.165) is 52.2 Å². The molecule has 0 amide bonds. The van der Waals surface area contributed by atoms with Crippen molar-refractivity contribution in [1.82, 2.24) is 34.8 Å². The van der Waals surface area contributed by atoms with E-state index in [2.05, 4.69) is 40.5 Å². The molecule has 2 aliphatic heterocycles. The monoisotopic (exact) mass is 508 g/mol. The molecule has 194 valence electrons. The first-order valence-electron chi connectivity index (χ1n) is 12.4. The zero-order valence-corrected chi connectivity index (χ0v) is 20.3. The van der Waals surface area contributed by atoms with Crippen LogP contribution in [0.5, 0.6) is 5.75 Å². The Kier molecular flexibility index (Phi) is 6.45. The van der Waals surface area contributed by atoms with Gasteiger partial charge in [-0.25, -0.2) is 4.39 Å². The van der Waals surface area contributed by atoms with Gasteiger partial charge in [0.2, 0.25) is 17.7 Å². The van der Waals surface area contributed by atoms with Gasteiger partial charge in [0.25, 0.3) is 5.78 Å². The molecule has 13 heteroatoms. The van der Waals surface area contributed by atoms with Crippen molar-refractivity contribution < 1.29 is 13.5 Å². The van der Waals surface area contributed by atoms with Crippen LogP contribution in [-0.2, 0) is 0 Å². The van der Waals surface area contributed by atoms with E-state index < -0.39 is 0 Å². The standard InChI is InChI=1S/C24H29FN10O2/c25-18-14-16(37-17-5-6-27-15-17)3-4-19(18)34-11-9-33(10-12-34)8-7-28-23-30-22(26)35-24(31-23)29-21(32-35)20-2-1-13-36-20/h1-4,13-14,17,27H,5-12,15H2,(H3,26,28,29,30,31,32). The number of hydrogen-bond donors (Lipinski definition) is 3. The number of hydrogen-bond acceptors (Lipinski definition) is 11. The lowest BCUT2D eigenvalue weighted by Gasteiger charge is -2.36. The van der Waals surface area contributed by atoms with Gasteiger partial charge >= 0.3 is 0 Å². The molecule has 6 rings (SSSR count). The lowest BCUT2D eigenvalue weighted by atomic mass is 10.2. The van der Waals surface area contributed by atoms with Crippen LogP contribution < -0.4 is 26.0 Å². The molecular formula is C24H29FN10O2. The Morgan fingerprint density at radius 3 is 2.81 bits per heavy atom. The second-order valence-corrected chi connectivity index (χ2v) is 9.13. The highest BCUT2D eigenvalue weighted by Crippen LogP contribution is 2.26. The summed E-state index contributed by atoms with van der Waals surface area (Å²) in [5.74, 6) is 2.18. The smallest absolute Gasteiger partial charge is 0.259 e. The number of ether oxygens (including phenoxy) is 1. The van der Waals surface area contributed by atoms with Crippen LogP contribution in [0, 0.1) is 5.82 Å². The average Bonchev–Trinajstić information content (AvgIpc) is 3.67. The number of furan rings is 1. The van der Waals surface area contributed by atoms with E-state index in [1.807, 2.05) is 12.1 Å². The number of anilines is 3. The van der Waals surface area contributed by atoms with E-state index in [-0.39, 0.29) is 17.9 Å². The van der Waals surface area contributed by atoms with Crippen LogP contribution in [0.2, 0.25) is 0 Å². The summed E-state index contributed by atoms with van der Waals surface area (Å²) >= 11 is 0. The van der Waals surface area contributed by atoms with Crippen LogP contribution in [0.15, 0.2) is 41.0 Å². The Labute approximate surface area is 212 Å². The Morgan fingerprint density at radius 2 is 2.05 bits per heavy atom. The van der Waals surface area contributed by atoms with Gasteiger partial charge in [0.1, 0.15) is 17.7 Å². The number of nitrogens with zero attached hydrogens (tertiary/aromatic N) is 7. The van der Waals surface area contributed by atoms with Crippen LogP contribution in [0.4, 0.5) is 22.0 Å². The van der Waals surface area contributed by atoms with Gasteiger partial charge in [0.15, 0.2) is 5.76 Å². The fraction of sp³-hybridized carbons (Fsp3) is 0.417. The Bertz CT molecular complexity index is 1350. The first kappa shape index (κ1) is 23.4. The molecule has 4 aromatic rings. The van der Waals surface area contributed by atoms with Crippen molar-refractivity contribution in [1.29, 1.82) is 0 Å². The van der Waals surface area contributed by atoms with Gasteiger partial charge in [-0.15, -0.1) is 5.10 Å². The number of rotatable bonds is 8. The van der Waals surface area contributed by atoms with Gasteiger partial charge in [0, 0.05) is 51.9 Å². The Morgan fingerprint density at radius 1 is 1.16 bits per heavy atom. The lowest BCUT2D eigenvalue weighted by molar-refractivity contribution is 0.222. The molecule has 12 nitrogen and oxygen atoms in total. The zero-order valence-electron chi connectivity index (χ0n) is 20.3. The number of nitrogens with one attached hydrogen (secondary N) is 2. The highest BCUT2D eigenvalue weighted by atomic mass is 19.1. The van der Waals surface area contributed by atoms with Crippen molar-refractivity contribution in [3.05, 3.63) is 42.4 Å². The fourth-order valence-electron chi connectivity index (χ4n) is 4.67. The van der Waals surface area contributed by atoms with Crippen LogP contribution in [-0.4, -0.2) is 87.9 Å². The summed E-state index contributed by atoms with van der Waals surface area (Å²) in [6, 6.07) is 8.72. The molecule has 1 unspecified atom stereocenters. The zero-order chi connectivity index (χ0) is 25.2. The van der Waals surface area contributed by atoms with Gasteiger partial charge < -0.3 is 30.4 Å². The van der Waals surface area contributed by atoms with Crippen molar-refractivity contribution in [3.63, 3.8) is 0 Å². The molecule has 2 fully saturated rings. The number of nitrogen functional groups attached to an aromatic ring is 1. The minimum Gasteiger partial charge on any atom is -0.489 e. The van der Waals surface area contributed by atoms with Crippen molar-refractivity contribution in [2.24, 2.45) is 0 Å². The maximum Gasteiger partial charge on any atom is 0.259 e. The molecule has 0 spiro atoms. The SMILES string of the molecule is Nc1nc(NCCN2CCN(c3ccc(OC4CCNC4)cc3F)CC2)nc2nc(-c3ccco3)nn12. The predicted molar refractivity (Wildman–Crippen MR) is 136 cm³/mol. The largest absolute Gasteiger partial charge is 0.489 e. The molecule has 2 aliphatic rings. The van der Waals surface area contributed by atoms with Crippen molar-refractivity contribution in [2.45, 2.75) is 12.5 Å². The number of piperazine rings is 1. The fourth-order valence-corrected chi connectivity index (χ4v) is 4.67. The molecule has 4 N–H and O–H groups in total. The third-order valence-electron chi connectivity index (χ3n) is 6.64. The number of benzene rings is 1. The normalized spacial score (nSPS) is 18.5. The van der Waals surface area contributed by atoms with E-state index in [0.29, 0.717) is 41.3 Å². The van der Waals surface area contributed by atoms with Crippen molar-refractivity contribution >= 4 is 23.4 Å². The highest BCUT2D eigenvalue weighted by Gasteiger charge is 2.21. The number of fused-ring (bicyclic) bond motifs is 1. The summed E-state index contributed by atoms with van der Waals surface area (Å²) in [4.78, 5) is 17.5. The lowest BCUT2D eigenvalue weighted by Crippen LogP contribution is -2.48. The van der Waals surface area contributed by atoms with Crippen LogP contribution in [0.3, 0.4) is 0 Å². The van der Waals surface area contributed by atoms with E-state index in [1.165, 1.54) is 10.6 Å². The average molecular weight is 509 g/mol. The molecule has 2 saturated heterocycles. The topological polar surface area (TPSA) is 135 Å². The highest BCUT2D eigenvalue weighted by molar-refractivity contribution is 5.53. The Balaban J connectivity index is 1.000. The third kappa shape index (κ3) is 5.13. The van der Waals surface area contributed by atoms with E-state index in [4.69, 9.17) is 14.9 Å². The van der Waals surface area contributed by atoms with Gasteiger partial charge in [-0.1, -0.05) is 0 Å². The first-order chi connectivity index (χ1) is 18.1. The van der Waals surface area contributed by atoms with E-state index >= 15 is 0 Å². The second kappa shape index (κ2) is 10.2. The Hall–Kier alpha value is -3.97. The number of aromatic nitrogens is 5. The maximum atomic E-state index is 14.8. The molecule has 3 aromatic heterocycles. The van der Waals surface area contributed by atoms with Gasteiger partial charge in [-0.05, 0) is 37.2 Å². The summed E-state index contributed by atoms with van der Waals surface area (Å²) < 4.78 is 27.4. The van der Waals surface area contributed by atoms with Crippen molar-refractivity contribution in [3.8, 4) is 17.3 Å². The summed E-state index contributed by atoms with van der Waals surface area (Å²) in [7, 11) is 0. The third-order valence-corrected chi connectivity index (χ3v) is 6.64. The maximum absolute atomic E-state index is 14.8. The molecule has 37 heavy (non-hydrogen) atoms. The molecular weight excluding hydrogens is 479 g/mol. The quantitative estimate of drug-likeness (QED) is 0.319. The van der Waals surface area contributed by atoms with Gasteiger partial charge in [-0.3, -0.25) is 4.90 Å². The van der Waals surface area contributed by atoms with Crippen LogP contribution >= 0.6 is 0 Å². The summed E-state index contributed by atoms with van der Waals surface area (Å²) in [6.07, 6.45) is 2.61. The summed E-state index contributed by atoms with van der Waals surface area (Å²) in [6.45, 7) is 6.31. The summed E-state index contributed by atoms with van der Waals surface area (Å²) in [5, 5.41) is 10.8. The first-order valence-corrected chi connectivity index (χ1v) is 12.4. The summed E-state index contributed by atoms with van der Waals surface area (Å²) in [5.41, 5.74) is 6.67. The van der Waals surface area contributed by atoms with Crippen molar-refractivity contribution in [2.75, 3.05) is 68.3 Å². The number of halogens is 1. The molecule has 0 aliphatic carbocycles. The predicted octanol–water partition coefficient (Wildman–Crippen LogP) is 1.48. The molecule has 0 bridgehead atoms. The minimum absolute atomic E-state index is 0.113. The van der Waals surface area contributed by atoms with Gasteiger partial charge in [0.05, 0.1) is 12.0 Å². The second-order valence-electron chi connectivity index (χ2n) is 9.13.